The fraction of sp³-hybridized carbons (Fsp3) is 0.462. The van der Waals surface area contributed by atoms with E-state index in [2.05, 4.69) is 4.72 Å². The van der Waals surface area contributed by atoms with E-state index in [9.17, 15) is 17.6 Å². The Morgan fingerprint density at radius 2 is 2.19 bits per heavy atom. The summed E-state index contributed by atoms with van der Waals surface area (Å²) in [7, 11) is -3.99. The molecule has 0 saturated carbocycles. The lowest BCUT2D eigenvalue weighted by molar-refractivity contribution is -0.149. The van der Waals surface area contributed by atoms with Crippen LogP contribution in [0.3, 0.4) is 0 Å². The Kier molecular flexibility index (Phi) is 4.60. The van der Waals surface area contributed by atoms with Crippen LogP contribution in [0.4, 0.5) is 4.39 Å². The van der Waals surface area contributed by atoms with Crippen molar-refractivity contribution < 1.29 is 27.4 Å². The maximum Gasteiger partial charge on any atom is 0.332 e. The van der Waals surface area contributed by atoms with Gasteiger partial charge in [-0.1, -0.05) is 6.07 Å². The lowest BCUT2D eigenvalue weighted by atomic mass is 10.2. The molecule has 0 bridgehead atoms. The number of hydrogen-bond acceptors (Lipinski definition) is 4. The van der Waals surface area contributed by atoms with Crippen LogP contribution in [-0.4, -0.2) is 38.2 Å². The summed E-state index contributed by atoms with van der Waals surface area (Å²) in [5, 5.41) is 8.79. The zero-order valence-corrected chi connectivity index (χ0v) is 12.2. The van der Waals surface area contributed by atoms with Crippen molar-refractivity contribution in [3.05, 3.63) is 29.6 Å². The van der Waals surface area contributed by atoms with Crippen LogP contribution < -0.4 is 4.72 Å². The molecule has 1 saturated heterocycles. The fourth-order valence-electron chi connectivity index (χ4n) is 2.13. The first kappa shape index (κ1) is 15.9. The van der Waals surface area contributed by atoms with E-state index in [1.807, 2.05) is 0 Å². The molecule has 116 valence electrons. The van der Waals surface area contributed by atoms with Gasteiger partial charge in [-0.3, -0.25) is 0 Å². The lowest BCUT2D eigenvalue weighted by Gasteiger charge is -2.13. The van der Waals surface area contributed by atoms with Gasteiger partial charge in [-0.15, -0.1) is 0 Å². The highest BCUT2D eigenvalue weighted by molar-refractivity contribution is 7.89. The van der Waals surface area contributed by atoms with Gasteiger partial charge in [0.25, 0.3) is 0 Å². The van der Waals surface area contributed by atoms with Crippen LogP contribution in [0.25, 0.3) is 0 Å². The Morgan fingerprint density at radius 1 is 1.48 bits per heavy atom. The molecule has 1 aromatic carbocycles. The molecule has 1 fully saturated rings. The third-order valence-corrected chi connectivity index (χ3v) is 4.70. The minimum Gasteiger partial charge on any atom is -0.479 e. The largest absolute Gasteiger partial charge is 0.479 e. The molecule has 1 heterocycles. The van der Waals surface area contributed by atoms with Crippen LogP contribution in [0.15, 0.2) is 23.1 Å². The van der Waals surface area contributed by atoms with Gasteiger partial charge < -0.3 is 9.84 Å². The molecular formula is C13H16FNO5S. The topological polar surface area (TPSA) is 92.7 Å². The van der Waals surface area contributed by atoms with Crippen molar-refractivity contribution in [2.45, 2.75) is 36.9 Å². The van der Waals surface area contributed by atoms with Crippen molar-refractivity contribution in [3.63, 3.8) is 0 Å². The van der Waals surface area contributed by atoms with E-state index >= 15 is 0 Å². The number of benzene rings is 1. The van der Waals surface area contributed by atoms with Gasteiger partial charge in [-0.2, -0.15) is 0 Å². The van der Waals surface area contributed by atoms with Crippen molar-refractivity contribution >= 4 is 16.0 Å². The van der Waals surface area contributed by atoms with Crippen molar-refractivity contribution in [2.24, 2.45) is 0 Å². The molecule has 2 N–H and O–H groups in total. The van der Waals surface area contributed by atoms with Gasteiger partial charge >= 0.3 is 5.97 Å². The molecule has 21 heavy (non-hydrogen) atoms. The minimum absolute atomic E-state index is 0.0838. The van der Waals surface area contributed by atoms with Crippen molar-refractivity contribution in [1.82, 2.24) is 4.72 Å². The van der Waals surface area contributed by atoms with Crippen molar-refractivity contribution in [1.29, 1.82) is 0 Å². The SMILES string of the molecule is Cc1ccc(F)c(S(=O)(=O)NCC2CCC(C(=O)O)O2)c1. The third-order valence-electron chi connectivity index (χ3n) is 3.26. The summed E-state index contributed by atoms with van der Waals surface area (Å²) in [6.45, 7) is 1.58. The molecule has 1 aromatic rings. The second-order valence-electron chi connectivity index (χ2n) is 4.95. The van der Waals surface area contributed by atoms with Gasteiger partial charge in [0.05, 0.1) is 6.10 Å². The zero-order valence-electron chi connectivity index (χ0n) is 11.4. The van der Waals surface area contributed by atoms with Crippen LogP contribution in [0.5, 0.6) is 0 Å². The molecule has 0 radical (unpaired) electrons. The standard InChI is InChI=1S/C13H16FNO5S/c1-8-2-4-10(14)12(6-8)21(18,19)15-7-9-3-5-11(20-9)13(16)17/h2,4,6,9,11,15H,3,5,7H2,1H3,(H,16,17). The first-order valence-corrected chi connectivity index (χ1v) is 7.92. The van der Waals surface area contributed by atoms with Crippen molar-refractivity contribution in [2.75, 3.05) is 6.54 Å². The summed E-state index contributed by atoms with van der Waals surface area (Å²) in [5.74, 6) is -1.89. The van der Waals surface area contributed by atoms with Crippen LogP contribution in [0.2, 0.25) is 0 Å². The quantitative estimate of drug-likeness (QED) is 0.846. The molecule has 1 aliphatic rings. The van der Waals surface area contributed by atoms with E-state index in [0.717, 1.165) is 6.07 Å². The normalized spacial score (nSPS) is 22.4. The zero-order chi connectivity index (χ0) is 15.6. The summed E-state index contributed by atoms with van der Waals surface area (Å²) in [6.07, 6.45) is -0.653. The Morgan fingerprint density at radius 3 is 2.81 bits per heavy atom. The average molecular weight is 317 g/mol. The number of carbonyl (C=O) groups is 1. The monoisotopic (exact) mass is 317 g/mol. The molecule has 0 amide bonds. The molecule has 2 rings (SSSR count). The molecule has 0 aliphatic carbocycles. The van der Waals surface area contributed by atoms with Gasteiger partial charge in [0.15, 0.2) is 6.10 Å². The maximum atomic E-state index is 13.6. The number of rotatable bonds is 5. The summed E-state index contributed by atoms with van der Waals surface area (Å²) in [5.41, 5.74) is 0.625. The van der Waals surface area contributed by atoms with Crippen LogP contribution in [0, 0.1) is 12.7 Å². The molecule has 8 heteroatoms. The summed E-state index contributed by atoms with van der Waals surface area (Å²) >= 11 is 0. The first-order valence-electron chi connectivity index (χ1n) is 6.43. The van der Waals surface area contributed by atoms with E-state index < -0.39 is 38.9 Å². The number of ether oxygens (including phenoxy) is 1. The highest BCUT2D eigenvalue weighted by atomic mass is 32.2. The number of carboxylic acids is 1. The number of sulfonamides is 1. The fourth-order valence-corrected chi connectivity index (χ4v) is 3.36. The molecule has 0 aromatic heterocycles. The van der Waals surface area contributed by atoms with E-state index in [1.165, 1.54) is 12.1 Å². The number of aliphatic carboxylic acids is 1. The number of carboxylic acid groups (broad SMARTS) is 1. The number of halogens is 1. The third kappa shape index (κ3) is 3.78. The Balaban J connectivity index is 2.02. The Labute approximate surface area is 122 Å². The van der Waals surface area contributed by atoms with E-state index in [4.69, 9.17) is 9.84 Å². The maximum absolute atomic E-state index is 13.6. The summed E-state index contributed by atoms with van der Waals surface area (Å²) < 4.78 is 45.2. The smallest absolute Gasteiger partial charge is 0.332 e. The minimum atomic E-state index is -3.99. The Bertz CT molecular complexity index is 646. The highest BCUT2D eigenvalue weighted by Gasteiger charge is 2.31. The molecule has 0 spiro atoms. The average Bonchev–Trinajstić information content (AvgIpc) is 2.88. The second kappa shape index (κ2) is 6.08. The van der Waals surface area contributed by atoms with Crippen LogP contribution in [0.1, 0.15) is 18.4 Å². The molecular weight excluding hydrogens is 301 g/mol. The van der Waals surface area contributed by atoms with Gasteiger partial charge in [0, 0.05) is 6.54 Å². The van der Waals surface area contributed by atoms with Crippen LogP contribution >= 0.6 is 0 Å². The van der Waals surface area contributed by atoms with Crippen LogP contribution in [-0.2, 0) is 19.6 Å². The van der Waals surface area contributed by atoms with Gasteiger partial charge in [-0.25, -0.2) is 22.3 Å². The van der Waals surface area contributed by atoms with E-state index in [1.54, 1.807) is 6.92 Å². The number of hydrogen-bond donors (Lipinski definition) is 2. The van der Waals surface area contributed by atoms with Crippen molar-refractivity contribution in [3.8, 4) is 0 Å². The second-order valence-corrected chi connectivity index (χ2v) is 6.68. The first-order chi connectivity index (χ1) is 9.79. The summed E-state index contributed by atoms with van der Waals surface area (Å²) in [4.78, 5) is 10.3. The van der Waals surface area contributed by atoms with Gasteiger partial charge in [-0.05, 0) is 37.5 Å². The lowest BCUT2D eigenvalue weighted by Crippen LogP contribution is -2.33. The van der Waals surface area contributed by atoms with E-state index in [-0.39, 0.29) is 6.54 Å². The molecule has 6 nitrogen and oxygen atoms in total. The predicted molar refractivity (Wildman–Crippen MR) is 71.9 cm³/mol. The van der Waals surface area contributed by atoms with Gasteiger partial charge in [0.1, 0.15) is 10.7 Å². The Hall–Kier alpha value is -1.51. The molecule has 1 aliphatic heterocycles. The predicted octanol–water partition coefficient (Wildman–Crippen LogP) is 1.04. The highest BCUT2D eigenvalue weighted by Crippen LogP contribution is 2.20. The van der Waals surface area contributed by atoms with Gasteiger partial charge in [0.2, 0.25) is 10.0 Å². The molecule has 2 atom stereocenters. The number of aryl methyl sites for hydroxylation is 1. The molecule has 2 unspecified atom stereocenters. The number of nitrogens with one attached hydrogen (secondary N) is 1. The van der Waals surface area contributed by atoms with E-state index in [0.29, 0.717) is 18.4 Å². The summed E-state index contributed by atoms with van der Waals surface area (Å²) in [6, 6.07) is 3.82.